The Morgan fingerprint density at radius 1 is 1.08 bits per heavy atom. The second-order valence-corrected chi connectivity index (χ2v) is 8.92. The van der Waals surface area contributed by atoms with E-state index in [1.807, 2.05) is 18.2 Å². The van der Waals surface area contributed by atoms with Gasteiger partial charge in [-0.25, -0.2) is 9.97 Å². The third-order valence-electron chi connectivity index (χ3n) is 6.40. The molecule has 0 saturated carbocycles. The molecule has 0 unspecified atom stereocenters. The van der Waals surface area contributed by atoms with E-state index < -0.39 is 17.6 Å². The number of hydrogen-bond acceptors (Lipinski definition) is 5. The maximum Gasteiger partial charge on any atom is 0.419 e. The molecule has 1 fully saturated rings. The van der Waals surface area contributed by atoms with Crippen LogP contribution < -0.4 is 11.1 Å². The van der Waals surface area contributed by atoms with Crippen molar-refractivity contribution in [1.29, 1.82) is 0 Å². The number of fused-ring (bicyclic) bond motifs is 1. The second-order valence-electron chi connectivity index (χ2n) is 8.92. The third kappa shape index (κ3) is 5.03. The molecule has 3 aromatic heterocycles. The Morgan fingerprint density at radius 2 is 1.89 bits per heavy atom. The van der Waals surface area contributed by atoms with E-state index in [0.717, 1.165) is 37.4 Å². The summed E-state index contributed by atoms with van der Waals surface area (Å²) in [6.07, 6.45) is 2.79. The topological polar surface area (TPSA) is 88.5 Å². The molecule has 0 radical (unpaired) electrons. The molecule has 7 nitrogen and oxygen atoms in total. The molecule has 3 N–H and O–H groups in total. The van der Waals surface area contributed by atoms with Gasteiger partial charge in [-0.05, 0) is 43.1 Å². The number of anilines is 2. The molecule has 0 spiro atoms. The molecular weight excluding hydrogens is 469 g/mol. The van der Waals surface area contributed by atoms with Crippen molar-refractivity contribution in [3.8, 4) is 11.1 Å². The Kier molecular flexibility index (Phi) is 6.36. The first-order chi connectivity index (χ1) is 17.3. The number of nitrogens with two attached hydrogens (primary N) is 1. The van der Waals surface area contributed by atoms with Gasteiger partial charge in [0.25, 0.3) is 0 Å². The predicted octanol–water partition coefficient (Wildman–Crippen LogP) is 4.99. The number of carbonyl (C=O) groups is 1. The van der Waals surface area contributed by atoms with Crippen LogP contribution in [0.1, 0.15) is 30.4 Å². The molecule has 1 aromatic carbocycles. The highest BCUT2D eigenvalue weighted by Gasteiger charge is 2.34. The highest BCUT2D eigenvalue weighted by atomic mass is 19.4. The number of benzene rings is 1. The summed E-state index contributed by atoms with van der Waals surface area (Å²) in [7, 11) is 0. The Hall–Kier alpha value is -3.92. The van der Waals surface area contributed by atoms with Crippen molar-refractivity contribution in [3.05, 3.63) is 78.2 Å². The van der Waals surface area contributed by atoms with Crippen LogP contribution in [-0.4, -0.2) is 37.8 Å². The molecule has 0 aliphatic carbocycles. The van der Waals surface area contributed by atoms with Crippen molar-refractivity contribution >= 4 is 23.2 Å². The fourth-order valence-corrected chi connectivity index (χ4v) is 4.59. The molecule has 36 heavy (non-hydrogen) atoms. The average Bonchev–Trinajstić information content (AvgIpc) is 3.26. The number of carbonyl (C=O) groups excluding carboxylic acids is 1. The van der Waals surface area contributed by atoms with Gasteiger partial charge < -0.3 is 15.5 Å². The van der Waals surface area contributed by atoms with E-state index >= 15 is 0 Å². The number of pyridine rings is 2. The predicted molar refractivity (Wildman–Crippen MR) is 131 cm³/mol. The lowest BCUT2D eigenvalue weighted by Gasteiger charge is -2.34. The van der Waals surface area contributed by atoms with Gasteiger partial charge in [0.05, 0.1) is 17.8 Å². The fraction of sp³-hybridized carbons (Fsp3) is 0.269. The Labute approximate surface area is 205 Å². The summed E-state index contributed by atoms with van der Waals surface area (Å²) in [5, 5.41) is 2.92. The lowest BCUT2D eigenvalue weighted by atomic mass is 10.0. The van der Waals surface area contributed by atoms with E-state index in [1.54, 1.807) is 28.9 Å². The van der Waals surface area contributed by atoms with Crippen LogP contribution in [0.2, 0.25) is 0 Å². The minimum atomic E-state index is -4.60. The van der Waals surface area contributed by atoms with Crippen molar-refractivity contribution in [2.24, 2.45) is 0 Å². The third-order valence-corrected chi connectivity index (χ3v) is 6.40. The monoisotopic (exact) mass is 494 g/mol. The smallest absolute Gasteiger partial charge is 0.383 e. The number of nitrogen functional groups attached to an aromatic ring is 1. The van der Waals surface area contributed by atoms with Crippen LogP contribution in [0.5, 0.6) is 0 Å². The van der Waals surface area contributed by atoms with Gasteiger partial charge in [-0.15, -0.1) is 0 Å². The molecule has 1 amide bonds. The summed E-state index contributed by atoms with van der Waals surface area (Å²) in [6.45, 7) is 1.54. The van der Waals surface area contributed by atoms with Crippen molar-refractivity contribution in [2.45, 2.75) is 38.0 Å². The van der Waals surface area contributed by atoms with Crippen molar-refractivity contribution in [3.63, 3.8) is 0 Å². The van der Waals surface area contributed by atoms with Gasteiger partial charge >= 0.3 is 6.18 Å². The lowest BCUT2D eigenvalue weighted by Crippen LogP contribution is -2.46. The summed E-state index contributed by atoms with van der Waals surface area (Å²) >= 11 is 0. The van der Waals surface area contributed by atoms with E-state index in [0.29, 0.717) is 23.6 Å². The molecule has 1 atom stereocenters. The van der Waals surface area contributed by atoms with Gasteiger partial charge in [0, 0.05) is 30.1 Å². The first-order valence-corrected chi connectivity index (χ1v) is 11.7. The molecule has 1 aliphatic rings. The summed E-state index contributed by atoms with van der Waals surface area (Å²) in [6, 6.07) is 14.1. The van der Waals surface area contributed by atoms with Gasteiger partial charge in [-0.2, -0.15) is 13.2 Å². The van der Waals surface area contributed by atoms with Crippen molar-refractivity contribution in [1.82, 2.24) is 19.3 Å². The zero-order valence-corrected chi connectivity index (χ0v) is 19.4. The van der Waals surface area contributed by atoms with Crippen LogP contribution in [0.15, 0.2) is 67.1 Å². The number of nitrogens with zero attached hydrogens (tertiary/aromatic N) is 4. The molecular formula is C26H25F3N6O. The number of hydrogen-bond donors (Lipinski definition) is 2. The summed E-state index contributed by atoms with van der Waals surface area (Å²) in [5.41, 5.74) is 6.93. The number of halogens is 3. The number of piperidine rings is 1. The van der Waals surface area contributed by atoms with Crippen LogP contribution in [0.3, 0.4) is 0 Å². The van der Waals surface area contributed by atoms with Gasteiger partial charge in [-0.1, -0.05) is 36.8 Å². The van der Waals surface area contributed by atoms with E-state index in [4.69, 9.17) is 5.73 Å². The molecule has 186 valence electrons. The van der Waals surface area contributed by atoms with Gasteiger partial charge in [0.2, 0.25) is 5.91 Å². The quantitative estimate of drug-likeness (QED) is 0.408. The SMILES string of the molecule is Nc1ncc(-c2ccc3nc(NC(=O)[C@@H]4CCCCN4Cc4ccccc4)cn3c2)cc1C(F)(F)F. The van der Waals surface area contributed by atoms with Gasteiger partial charge in [0.15, 0.2) is 5.82 Å². The number of likely N-dealkylation sites (tertiary alicyclic amines) is 1. The number of alkyl halides is 3. The molecule has 1 aliphatic heterocycles. The first-order valence-electron chi connectivity index (χ1n) is 11.7. The molecule has 0 bridgehead atoms. The number of amides is 1. The number of nitrogens with one attached hydrogen (secondary N) is 1. The van der Waals surface area contributed by atoms with Crippen LogP contribution in [0, 0.1) is 0 Å². The number of imidazole rings is 1. The van der Waals surface area contributed by atoms with E-state index in [1.165, 1.54) is 6.20 Å². The minimum Gasteiger partial charge on any atom is -0.383 e. The zero-order valence-electron chi connectivity index (χ0n) is 19.4. The summed E-state index contributed by atoms with van der Waals surface area (Å²) in [5.74, 6) is -0.301. The van der Waals surface area contributed by atoms with Crippen LogP contribution in [0.25, 0.3) is 16.8 Å². The Bertz CT molecular complexity index is 1390. The normalized spacial score (nSPS) is 16.8. The zero-order chi connectivity index (χ0) is 25.3. The Balaban J connectivity index is 1.35. The van der Waals surface area contributed by atoms with E-state index in [-0.39, 0.29) is 17.5 Å². The van der Waals surface area contributed by atoms with Crippen molar-refractivity contribution in [2.75, 3.05) is 17.6 Å². The second kappa shape index (κ2) is 9.62. The minimum absolute atomic E-state index is 0.119. The summed E-state index contributed by atoms with van der Waals surface area (Å²) < 4.78 is 41.4. The standard InChI is InChI=1S/C26H25F3N6O/c27-26(28,29)20-12-19(13-31-24(20)30)18-9-10-23-32-22(16-35(23)15-18)33-25(36)21-8-4-5-11-34(21)14-17-6-2-1-3-7-17/h1-3,6-7,9-10,12-13,15-16,21H,4-5,8,11,14H2,(H2,30,31)(H,33,36)/t21-/m0/s1. The average molecular weight is 495 g/mol. The van der Waals surface area contributed by atoms with Crippen LogP contribution >= 0.6 is 0 Å². The first kappa shape index (κ1) is 23.8. The molecule has 4 aromatic rings. The molecule has 4 heterocycles. The van der Waals surface area contributed by atoms with Gasteiger partial charge in [-0.3, -0.25) is 9.69 Å². The maximum absolute atomic E-state index is 13.2. The van der Waals surface area contributed by atoms with Gasteiger partial charge in [0.1, 0.15) is 11.5 Å². The lowest BCUT2D eigenvalue weighted by molar-refractivity contribution is -0.137. The number of rotatable bonds is 5. The highest BCUT2D eigenvalue weighted by molar-refractivity contribution is 5.94. The van der Waals surface area contributed by atoms with E-state index in [9.17, 15) is 18.0 Å². The fourth-order valence-electron chi connectivity index (χ4n) is 4.59. The molecule has 1 saturated heterocycles. The van der Waals surface area contributed by atoms with Crippen LogP contribution in [-0.2, 0) is 17.5 Å². The summed E-state index contributed by atoms with van der Waals surface area (Å²) in [4.78, 5) is 23.5. The largest absolute Gasteiger partial charge is 0.419 e. The van der Waals surface area contributed by atoms with E-state index in [2.05, 4.69) is 32.3 Å². The van der Waals surface area contributed by atoms with Crippen LogP contribution in [0.4, 0.5) is 24.8 Å². The highest BCUT2D eigenvalue weighted by Crippen LogP contribution is 2.35. The number of aromatic nitrogens is 3. The molecule has 10 heteroatoms. The molecule has 5 rings (SSSR count). The Morgan fingerprint density at radius 3 is 2.67 bits per heavy atom. The maximum atomic E-state index is 13.2. The van der Waals surface area contributed by atoms with Crippen molar-refractivity contribution < 1.29 is 18.0 Å².